The summed E-state index contributed by atoms with van der Waals surface area (Å²) in [5, 5.41) is 6.59. The van der Waals surface area contributed by atoms with Gasteiger partial charge in [0.15, 0.2) is 17.0 Å². The summed E-state index contributed by atoms with van der Waals surface area (Å²) in [4.78, 5) is 16.2. The van der Waals surface area contributed by atoms with E-state index in [-0.39, 0.29) is 6.54 Å². The molecule has 12 heteroatoms. The largest absolute Gasteiger partial charge is 0.492 e. The van der Waals surface area contributed by atoms with Crippen molar-refractivity contribution >= 4 is 34.3 Å². The number of para-hydroxylation sites is 1. The van der Waals surface area contributed by atoms with E-state index in [4.69, 9.17) is 19.4 Å². The van der Waals surface area contributed by atoms with Crippen LogP contribution < -0.4 is 20.3 Å². The van der Waals surface area contributed by atoms with Crippen LogP contribution in [0.3, 0.4) is 0 Å². The Labute approximate surface area is 246 Å². The summed E-state index contributed by atoms with van der Waals surface area (Å²) < 4.78 is 52.2. The van der Waals surface area contributed by atoms with E-state index in [1.54, 1.807) is 10.9 Å². The highest BCUT2D eigenvalue weighted by molar-refractivity contribution is 5.84. The van der Waals surface area contributed by atoms with Crippen LogP contribution >= 0.6 is 0 Å². The number of imidazole rings is 1. The third-order valence-corrected chi connectivity index (χ3v) is 7.00. The van der Waals surface area contributed by atoms with Gasteiger partial charge in [0.05, 0.1) is 38.2 Å². The van der Waals surface area contributed by atoms with Crippen molar-refractivity contribution < 1.29 is 22.6 Å². The molecule has 0 saturated carbocycles. The maximum Gasteiger partial charge on any atom is 0.416 e. The fourth-order valence-electron chi connectivity index (χ4n) is 4.80. The average Bonchev–Trinajstić information content (AvgIpc) is 3.43. The molecule has 0 unspecified atom stereocenters. The third-order valence-electron chi connectivity index (χ3n) is 7.00. The van der Waals surface area contributed by atoms with E-state index >= 15 is 0 Å². The van der Waals surface area contributed by atoms with Gasteiger partial charge in [-0.3, -0.25) is 0 Å². The Morgan fingerprint density at radius 1 is 0.884 bits per heavy atom. The smallest absolute Gasteiger partial charge is 0.416 e. The van der Waals surface area contributed by atoms with E-state index in [9.17, 15) is 13.2 Å². The SMILES string of the molecule is FC(F)(F)c1ccc(Cn2cnc3c(NCCOc4ccccc4)nc(Nc4ccc(N5CCOCC5)cc4)nc32)cc1. The molecule has 5 aromatic rings. The Morgan fingerprint density at radius 2 is 1.63 bits per heavy atom. The molecule has 222 valence electrons. The topological polar surface area (TPSA) is 89.4 Å². The van der Waals surface area contributed by atoms with E-state index < -0.39 is 11.7 Å². The van der Waals surface area contributed by atoms with Crippen LogP contribution in [0.1, 0.15) is 11.1 Å². The predicted octanol–water partition coefficient (Wildman–Crippen LogP) is 5.96. The molecule has 1 saturated heterocycles. The molecule has 9 nitrogen and oxygen atoms in total. The Morgan fingerprint density at radius 3 is 2.35 bits per heavy atom. The van der Waals surface area contributed by atoms with Crippen molar-refractivity contribution in [2.45, 2.75) is 12.7 Å². The van der Waals surface area contributed by atoms with Gasteiger partial charge in [0, 0.05) is 24.5 Å². The minimum absolute atomic E-state index is 0.288. The van der Waals surface area contributed by atoms with Crippen molar-refractivity contribution in [1.82, 2.24) is 19.5 Å². The van der Waals surface area contributed by atoms with Gasteiger partial charge in [0.1, 0.15) is 12.4 Å². The van der Waals surface area contributed by atoms with Crippen LogP contribution in [-0.2, 0) is 17.5 Å². The van der Waals surface area contributed by atoms with Gasteiger partial charge in [-0.2, -0.15) is 23.1 Å². The minimum atomic E-state index is -4.39. The normalized spacial score (nSPS) is 13.7. The number of benzene rings is 3. The van der Waals surface area contributed by atoms with Crippen molar-refractivity contribution in [3.05, 3.63) is 96.3 Å². The first-order valence-corrected chi connectivity index (χ1v) is 13.9. The van der Waals surface area contributed by atoms with Crippen LogP contribution in [0.25, 0.3) is 11.2 Å². The fraction of sp³-hybridized carbons (Fsp3) is 0.258. The number of morpholine rings is 1. The fourth-order valence-corrected chi connectivity index (χ4v) is 4.80. The molecule has 3 aromatic carbocycles. The van der Waals surface area contributed by atoms with E-state index in [0.29, 0.717) is 54.9 Å². The molecule has 1 fully saturated rings. The standard InChI is InChI=1S/C31H30F3N7O2/c32-31(33,34)23-8-6-22(7-9-23)20-41-21-36-27-28(35-14-17-43-26-4-2-1-3-5-26)38-30(39-29(27)41)37-24-10-12-25(13-11-24)40-15-18-42-19-16-40/h1-13,21H,14-20H2,(H2,35,37,38,39). The molecule has 2 aromatic heterocycles. The lowest BCUT2D eigenvalue weighted by Crippen LogP contribution is -2.36. The second kappa shape index (κ2) is 12.6. The number of hydrogen-bond acceptors (Lipinski definition) is 8. The Kier molecular flexibility index (Phi) is 8.27. The van der Waals surface area contributed by atoms with Gasteiger partial charge in [-0.1, -0.05) is 30.3 Å². The second-order valence-corrected chi connectivity index (χ2v) is 9.99. The van der Waals surface area contributed by atoms with Gasteiger partial charge in [0.2, 0.25) is 5.95 Å². The minimum Gasteiger partial charge on any atom is -0.492 e. The van der Waals surface area contributed by atoms with E-state index in [0.717, 1.165) is 42.3 Å². The zero-order chi connectivity index (χ0) is 29.6. The number of nitrogens with one attached hydrogen (secondary N) is 2. The Bertz CT molecular complexity index is 1640. The van der Waals surface area contributed by atoms with E-state index in [2.05, 4.69) is 20.5 Å². The molecule has 0 spiro atoms. The number of halogens is 3. The lowest BCUT2D eigenvalue weighted by molar-refractivity contribution is -0.137. The third kappa shape index (κ3) is 6.97. The lowest BCUT2D eigenvalue weighted by atomic mass is 10.1. The highest BCUT2D eigenvalue weighted by Gasteiger charge is 2.30. The first kappa shape index (κ1) is 28.3. The van der Waals surface area contributed by atoms with Crippen molar-refractivity contribution in [2.75, 3.05) is 55.0 Å². The molecule has 0 aliphatic carbocycles. The molecule has 43 heavy (non-hydrogen) atoms. The molecule has 1 aliphatic heterocycles. The first-order valence-electron chi connectivity index (χ1n) is 13.9. The number of anilines is 4. The molecule has 2 N–H and O–H groups in total. The highest BCUT2D eigenvalue weighted by Crippen LogP contribution is 2.30. The maximum atomic E-state index is 13.1. The summed E-state index contributed by atoms with van der Waals surface area (Å²) in [6.07, 6.45) is -2.78. The number of rotatable bonds is 10. The van der Waals surface area contributed by atoms with Gasteiger partial charge in [-0.05, 0) is 54.1 Å². The number of alkyl halides is 3. The van der Waals surface area contributed by atoms with Gasteiger partial charge in [-0.25, -0.2) is 4.98 Å². The molecular weight excluding hydrogens is 559 g/mol. The average molecular weight is 590 g/mol. The zero-order valence-corrected chi connectivity index (χ0v) is 23.2. The molecule has 0 atom stereocenters. The van der Waals surface area contributed by atoms with Crippen LogP contribution in [-0.4, -0.2) is 59.0 Å². The summed E-state index contributed by atoms with van der Waals surface area (Å²) in [6, 6.07) is 22.6. The summed E-state index contributed by atoms with van der Waals surface area (Å²) in [7, 11) is 0. The summed E-state index contributed by atoms with van der Waals surface area (Å²) in [5.41, 5.74) is 2.99. The second-order valence-electron chi connectivity index (χ2n) is 9.99. The van der Waals surface area contributed by atoms with Gasteiger partial charge in [0.25, 0.3) is 0 Å². The molecule has 0 radical (unpaired) electrons. The van der Waals surface area contributed by atoms with Gasteiger partial charge >= 0.3 is 6.18 Å². The van der Waals surface area contributed by atoms with Crippen molar-refractivity contribution in [2.24, 2.45) is 0 Å². The zero-order valence-electron chi connectivity index (χ0n) is 23.2. The Balaban J connectivity index is 1.24. The maximum absolute atomic E-state index is 13.1. The number of aromatic nitrogens is 4. The van der Waals surface area contributed by atoms with Crippen LogP contribution in [0, 0.1) is 0 Å². The van der Waals surface area contributed by atoms with Crippen LogP contribution in [0.15, 0.2) is 85.2 Å². The van der Waals surface area contributed by atoms with E-state index in [1.165, 1.54) is 12.1 Å². The number of fused-ring (bicyclic) bond motifs is 1. The summed E-state index contributed by atoms with van der Waals surface area (Å²) in [5.74, 6) is 1.63. The number of hydrogen-bond donors (Lipinski definition) is 2. The van der Waals surface area contributed by atoms with Gasteiger partial charge < -0.3 is 29.6 Å². The molecule has 6 rings (SSSR count). The number of ether oxygens (including phenoxy) is 2. The first-order chi connectivity index (χ1) is 20.9. The summed E-state index contributed by atoms with van der Waals surface area (Å²) >= 11 is 0. The quantitative estimate of drug-likeness (QED) is 0.193. The van der Waals surface area contributed by atoms with Crippen molar-refractivity contribution in [3.63, 3.8) is 0 Å². The van der Waals surface area contributed by atoms with Crippen LogP contribution in [0.4, 0.5) is 36.3 Å². The predicted molar refractivity (Wildman–Crippen MR) is 159 cm³/mol. The molecule has 0 bridgehead atoms. The van der Waals surface area contributed by atoms with E-state index in [1.807, 2.05) is 54.6 Å². The molecule has 0 amide bonds. The monoisotopic (exact) mass is 589 g/mol. The highest BCUT2D eigenvalue weighted by atomic mass is 19.4. The van der Waals surface area contributed by atoms with Crippen molar-refractivity contribution in [1.29, 1.82) is 0 Å². The molecule has 3 heterocycles. The van der Waals surface area contributed by atoms with Crippen LogP contribution in [0.2, 0.25) is 0 Å². The van der Waals surface area contributed by atoms with Crippen molar-refractivity contribution in [3.8, 4) is 5.75 Å². The van der Waals surface area contributed by atoms with Crippen LogP contribution in [0.5, 0.6) is 5.75 Å². The molecular formula is C31H30F3N7O2. The van der Waals surface area contributed by atoms with Gasteiger partial charge in [-0.15, -0.1) is 0 Å². The Hall–Kier alpha value is -4.84. The molecule has 1 aliphatic rings. The lowest BCUT2D eigenvalue weighted by Gasteiger charge is -2.28. The number of nitrogens with zero attached hydrogens (tertiary/aromatic N) is 5. The summed E-state index contributed by atoms with van der Waals surface area (Å²) in [6.45, 7) is 4.25.